The van der Waals surface area contributed by atoms with Crippen LogP contribution in [0.1, 0.15) is 25.8 Å². The van der Waals surface area contributed by atoms with Gasteiger partial charge in [0, 0.05) is 12.6 Å². The lowest BCUT2D eigenvalue weighted by molar-refractivity contribution is 0.0433. The lowest BCUT2D eigenvalue weighted by Gasteiger charge is -2.39. The molecule has 2 rings (SSSR count). The van der Waals surface area contributed by atoms with Gasteiger partial charge in [-0.25, -0.2) is 4.79 Å². The highest BCUT2D eigenvalue weighted by Gasteiger charge is 2.32. The van der Waals surface area contributed by atoms with E-state index >= 15 is 0 Å². The Hall–Kier alpha value is -1.75. The zero-order chi connectivity index (χ0) is 16.8. The third-order valence-corrected chi connectivity index (χ3v) is 4.47. The Kier molecular flexibility index (Phi) is 6.28. The van der Waals surface area contributed by atoms with Gasteiger partial charge in [0.2, 0.25) is 0 Å². The number of urea groups is 1. The van der Waals surface area contributed by atoms with Crippen LogP contribution in [0.2, 0.25) is 0 Å². The van der Waals surface area contributed by atoms with Crippen LogP contribution in [0.4, 0.5) is 4.79 Å². The highest BCUT2D eigenvalue weighted by atomic mass is 16.5. The molecule has 1 N–H and O–H groups in total. The van der Waals surface area contributed by atoms with Gasteiger partial charge >= 0.3 is 6.03 Å². The van der Waals surface area contributed by atoms with Crippen LogP contribution in [0.25, 0.3) is 0 Å². The number of nitrogens with zero attached hydrogens (tertiary/aromatic N) is 2. The van der Waals surface area contributed by atoms with Crippen molar-refractivity contribution in [3.63, 3.8) is 0 Å². The van der Waals surface area contributed by atoms with Crippen molar-refractivity contribution < 1.29 is 9.53 Å². The molecule has 128 valence electrons. The molecular formula is C18H29N3O2. The van der Waals surface area contributed by atoms with Gasteiger partial charge in [0.15, 0.2) is 0 Å². The van der Waals surface area contributed by atoms with Gasteiger partial charge in [-0.05, 0) is 38.6 Å². The van der Waals surface area contributed by atoms with Crippen LogP contribution in [0.5, 0.6) is 5.75 Å². The minimum Gasteiger partial charge on any atom is -0.486 e. The first kappa shape index (κ1) is 17.6. The Morgan fingerprint density at radius 3 is 2.65 bits per heavy atom. The number of benzene rings is 1. The summed E-state index contributed by atoms with van der Waals surface area (Å²) in [6.07, 6.45) is 2.08. The minimum absolute atomic E-state index is 0.00827. The second kappa shape index (κ2) is 8.20. The molecule has 1 fully saturated rings. The number of para-hydroxylation sites is 1. The minimum atomic E-state index is 0.00827. The molecule has 0 spiro atoms. The van der Waals surface area contributed by atoms with E-state index in [0.717, 1.165) is 18.6 Å². The Morgan fingerprint density at radius 1 is 1.35 bits per heavy atom. The summed E-state index contributed by atoms with van der Waals surface area (Å²) >= 11 is 0. The topological polar surface area (TPSA) is 44.8 Å². The molecule has 23 heavy (non-hydrogen) atoms. The third kappa shape index (κ3) is 4.61. The number of amides is 2. The van der Waals surface area contributed by atoms with Crippen molar-refractivity contribution in [2.75, 3.05) is 33.7 Å². The van der Waals surface area contributed by atoms with Crippen LogP contribution >= 0.6 is 0 Å². The summed E-state index contributed by atoms with van der Waals surface area (Å²) < 4.78 is 6.01. The molecule has 2 amide bonds. The van der Waals surface area contributed by atoms with E-state index in [4.69, 9.17) is 4.74 Å². The number of hydrogen-bond acceptors (Lipinski definition) is 3. The Balaban J connectivity index is 1.75. The maximum Gasteiger partial charge on any atom is 0.317 e. The van der Waals surface area contributed by atoms with E-state index in [1.807, 2.05) is 37.2 Å². The largest absolute Gasteiger partial charge is 0.486 e. The van der Waals surface area contributed by atoms with E-state index in [9.17, 15) is 4.79 Å². The van der Waals surface area contributed by atoms with Gasteiger partial charge in [-0.15, -0.1) is 0 Å². The fraction of sp³-hybridized carbons (Fsp3) is 0.611. The number of likely N-dealkylation sites (tertiary alicyclic amines) is 1. The number of aryl methyl sites for hydroxylation is 1. The predicted molar refractivity (Wildman–Crippen MR) is 93.0 cm³/mol. The lowest BCUT2D eigenvalue weighted by Crippen LogP contribution is -2.59. The van der Waals surface area contributed by atoms with Crippen LogP contribution in [0.3, 0.4) is 0 Å². The Morgan fingerprint density at radius 2 is 2.04 bits per heavy atom. The molecule has 5 nitrogen and oxygen atoms in total. The van der Waals surface area contributed by atoms with E-state index < -0.39 is 0 Å². The fourth-order valence-corrected chi connectivity index (χ4v) is 2.78. The number of nitrogens with one attached hydrogen (secondary N) is 1. The molecule has 1 aromatic carbocycles. The molecule has 1 atom stereocenters. The van der Waals surface area contributed by atoms with Gasteiger partial charge < -0.3 is 19.9 Å². The number of likely N-dealkylation sites (N-methyl/N-ethyl adjacent to an activating group) is 1. The molecule has 1 saturated heterocycles. The molecule has 1 heterocycles. The second-order valence-electron chi connectivity index (χ2n) is 6.32. The number of rotatable bonds is 7. The van der Waals surface area contributed by atoms with E-state index in [1.54, 1.807) is 0 Å². The highest BCUT2D eigenvalue weighted by molar-refractivity contribution is 5.75. The molecule has 0 aliphatic carbocycles. The molecule has 0 radical (unpaired) electrons. The number of carbonyl (C=O) groups excluding carboxylic acids is 1. The molecular weight excluding hydrogens is 290 g/mol. The van der Waals surface area contributed by atoms with Crippen LogP contribution < -0.4 is 10.1 Å². The van der Waals surface area contributed by atoms with Crippen LogP contribution in [-0.4, -0.2) is 61.7 Å². The van der Waals surface area contributed by atoms with Crippen molar-refractivity contribution in [2.24, 2.45) is 0 Å². The molecule has 1 aliphatic rings. The zero-order valence-electron chi connectivity index (χ0n) is 14.7. The van der Waals surface area contributed by atoms with Crippen molar-refractivity contribution >= 4 is 6.03 Å². The summed E-state index contributed by atoms with van der Waals surface area (Å²) in [4.78, 5) is 16.1. The van der Waals surface area contributed by atoms with Crippen molar-refractivity contribution in [3.8, 4) is 5.75 Å². The van der Waals surface area contributed by atoms with Gasteiger partial charge in [-0.2, -0.15) is 0 Å². The van der Waals surface area contributed by atoms with Gasteiger partial charge in [-0.3, -0.25) is 0 Å². The highest BCUT2D eigenvalue weighted by Crippen LogP contribution is 2.22. The summed E-state index contributed by atoms with van der Waals surface area (Å²) in [5, 5.41) is 3.01. The molecule has 0 bridgehead atoms. The van der Waals surface area contributed by atoms with E-state index in [1.165, 1.54) is 5.56 Å². The van der Waals surface area contributed by atoms with Crippen molar-refractivity contribution in [3.05, 3.63) is 29.8 Å². The van der Waals surface area contributed by atoms with Crippen molar-refractivity contribution in [1.82, 2.24) is 15.1 Å². The first-order valence-corrected chi connectivity index (χ1v) is 8.48. The Labute approximate surface area is 139 Å². The van der Waals surface area contributed by atoms with E-state index in [-0.39, 0.29) is 12.1 Å². The maximum atomic E-state index is 12.1. The first-order valence-electron chi connectivity index (χ1n) is 8.48. The quantitative estimate of drug-likeness (QED) is 0.839. The summed E-state index contributed by atoms with van der Waals surface area (Å²) in [6, 6.07) is 8.50. The monoisotopic (exact) mass is 319 g/mol. The van der Waals surface area contributed by atoms with Crippen LogP contribution in [0.15, 0.2) is 24.3 Å². The number of hydrogen-bond donors (Lipinski definition) is 1. The zero-order valence-corrected chi connectivity index (χ0v) is 14.7. The normalized spacial score (nSPS) is 16.1. The smallest absolute Gasteiger partial charge is 0.317 e. The van der Waals surface area contributed by atoms with Gasteiger partial charge in [0.1, 0.15) is 11.9 Å². The van der Waals surface area contributed by atoms with Gasteiger partial charge in [0.05, 0.1) is 13.1 Å². The number of carbonyl (C=O) groups is 1. The van der Waals surface area contributed by atoms with E-state index in [0.29, 0.717) is 25.7 Å². The SMILES string of the molecule is CCc1ccccc1OC1CN(C(=O)NCC(CC)N(C)C)C1. The lowest BCUT2D eigenvalue weighted by atomic mass is 10.1. The molecule has 5 heteroatoms. The molecule has 1 unspecified atom stereocenters. The average molecular weight is 319 g/mol. The molecule has 0 saturated carbocycles. The first-order chi connectivity index (χ1) is 11.0. The standard InChI is InChI=1S/C18H29N3O2/c1-5-14-9-7-8-10-17(14)23-16-12-21(13-16)18(22)19-11-15(6-2)20(3)4/h7-10,15-16H,5-6,11-13H2,1-4H3,(H,19,22). The maximum absolute atomic E-state index is 12.1. The van der Waals surface area contributed by atoms with Gasteiger partial charge in [0.25, 0.3) is 0 Å². The molecule has 1 aromatic rings. The average Bonchev–Trinajstić information content (AvgIpc) is 2.50. The third-order valence-electron chi connectivity index (χ3n) is 4.47. The predicted octanol–water partition coefficient (Wildman–Crippen LogP) is 2.36. The van der Waals surface area contributed by atoms with E-state index in [2.05, 4.69) is 30.1 Å². The summed E-state index contributed by atoms with van der Waals surface area (Å²) in [6.45, 7) is 6.25. The number of ether oxygens (including phenoxy) is 1. The molecule has 1 aliphatic heterocycles. The second-order valence-corrected chi connectivity index (χ2v) is 6.32. The van der Waals surface area contributed by atoms with Crippen molar-refractivity contribution in [2.45, 2.75) is 38.8 Å². The summed E-state index contributed by atoms with van der Waals surface area (Å²) in [5.41, 5.74) is 1.21. The van der Waals surface area contributed by atoms with Crippen LogP contribution in [-0.2, 0) is 6.42 Å². The summed E-state index contributed by atoms with van der Waals surface area (Å²) in [7, 11) is 4.08. The fourth-order valence-electron chi connectivity index (χ4n) is 2.78. The van der Waals surface area contributed by atoms with Crippen molar-refractivity contribution in [1.29, 1.82) is 0 Å². The molecule has 0 aromatic heterocycles. The Bertz CT molecular complexity index is 513. The summed E-state index contributed by atoms with van der Waals surface area (Å²) in [5.74, 6) is 0.943. The van der Waals surface area contributed by atoms with Crippen LogP contribution in [0, 0.1) is 0 Å². The van der Waals surface area contributed by atoms with Gasteiger partial charge in [-0.1, -0.05) is 32.0 Å².